The van der Waals surface area contributed by atoms with Crippen LogP contribution in [-0.2, 0) is 19.2 Å². The number of nitrogens with zero attached hydrogens (tertiary/aromatic N) is 4. The van der Waals surface area contributed by atoms with Crippen molar-refractivity contribution in [2.24, 2.45) is 0 Å². The SMILES string of the molecule is CCc1cc(-n2nc(CO)cc2Nc2cc(NC(=O)Nc3ccc(Cl)c(C(F)(F)F)c3)ccc2C)ncn1. The number of anilines is 4. The molecule has 0 aliphatic carbocycles. The van der Waals surface area contributed by atoms with Gasteiger partial charge in [-0.3, -0.25) is 0 Å². The normalized spacial score (nSPS) is 11.3. The summed E-state index contributed by atoms with van der Waals surface area (Å²) in [6, 6.07) is 10.9. The summed E-state index contributed by atoms with van der Waals surface area (Å²) in [6.45, 7) is 3.54. The van der Waals surface area contributed by atoms with E-state index in [1.807, 2.05) is 13.8 Å². The summed E-state index contributed by atoms with van der Waals surface area (Å²) in [5, 5.41) is 21.8. The number of hydrogen-bond acceptors (Lipinski definition) is 6. The van der Waals surface area contributed by atoms with E-state index in [0.717, 1.165) is 23.4 Å². The molecule has 13 heteroatoms. The van der Waals surface area contributed by atoms with Gasteiger partial charge in [0.05, 0.1) is 22.9 Å². The molecule has 0 atom stereocenters. The van der Waals surface area contributed by atoms with Gasteiger partial charge in [0, 0.05) is 34.9 Å². The minimum Gasteiger partial charge on any atom is -0.390 e. The van der Waals surface area contributed by atoms with Crippen molar-refractivity contribution in [3.05, 3.63) is 82.4 Å². The Hall–Kier alpha value is -4.16. The second-order valence-electron chi connectivity index (χ2n) is 8.24. The number of alkyl halides is 3. The van der Waals surface area contributed by atoms with Gasteiger partial charge in [-0.2, -0.15) is 23.0 Å². The lowest BCUT2D eigenvalue weighted by Crippen LogP contribution is -2.20. The number of rotatable bonds is 7. The third-order valence-corrected chi connectivity index (χ3v) is 5.83. The van der Waals surface area contributed by atoms with E-state index in [4.69, 9.17) is 11.6 Å². The molecule has 0 aliphatic rings. The minimum absolute atomic E-state index is 0.0681. The zero-order valence-electron chi connectivity index (χ0n) is 20.3. The number of nitrogens with one attached hydrogen (secondary N) is 3. The summed E-state index contributed by atoms with van der Waals surface area (Å²) < 4.78 is 40.9. The third-order valence-electron chi connectivity index (χ3n) is 5.50. The molecule has 4 aromatic rings. The highest BCUT2D eigenvalue weighted by Crippen LogP contribution is 2.36. The predicted molar refractivity (Wildman–Crippen MR) is 138 cm³/mol. The van der Waals surface area contributed by atoms with E-state index in [9.17, 15) is 23.1 Å². The molecule has 2 amide bonds. The van der Waals surface area contributed by atoms with Crippen LogP contribution in [0.5, 0.6) is 0 Å². The van der Waals surface area contributed by atoms with E-state index >= 15 is 0 Å². The first-order chi connectivity index (χ1) is 18.1. The standard InChI is InChI=1S/C25H23ClF3N7O2/c1-3-15-10-22(31-13-30-15)36-23(11-18(12-37)35-36)34-21-9-17(5-4-14(21)2)33-24(38)32-16-6-7-20(26)19(8-16)25(27,28)29/h4-11,13,34,37H,3,12H2,1-2H3,(H2,32,33,38). The van der Waals surface area contributed by atoms with Crippen molar-refractivity contribution >= 4 is 40.5 Å². The van der Waals surface area contributed by atoms with Gasteiger partial charge in [-0.05, 0) is 49.2 Å². The molecular weight excluding hydrogens is 523 g/mol. The van der Waals surface area contributed by atoms with E-state index in [-0.39, 0.29) is 12.3 Å². The van der Waals surface area contributed by atoms with Crippen molar-refractivity contribution in [3.63, 3.8) is 0 Å². The number of hydrogen-bond donors (Lipinski definition) is 4. The fraction of sp³-hybridized carbons (Fsp3) is 0.200. The fourth-order valence-corrected chi connectivity index (χ4v) is 3.78. The van der Waals surface area contributed by atoms with E-state index in [2.05, 4.69) is 31.0 Å². The molecule has 198 valence electrons. The number of amides is 2. The van der Waals surface area contributed by atoms with Crippen molar-refractivity contribution in [2.75, 3.05) is 16.0 Å². The van der Waals surface area contributed by atoms with Gasteiger partial charge in [-0.1, -0.05) is 24.6 Å². The third kappa shape index (κ3) is 6.21. The summed E-state index contributed by atoms with van der Waals surface area (Å²) in [6.07, 6.45) is -2.52. The van der Waals surface area contributed by atoms with E-state index in [1.165, 1.54) is 17.1 Å². The molecule has 0 bridgehead atoms. The monoisotopic (exact) mass is 545 g/mol. The van der Waals surface area contributed by atoms with Gasteiger partial charge in [0.25, 0.3) is 0 Å². The molecule has 0 saturated heterocycles. The number of aliphatic hydroxyl groups excluding tert-OH is 1. The van der Waals surface area contributed by atoms with Crippen molar-refractivity contribution < 1.29 is 23.1 Å². The Morgan fingerprint density at radius 1 is 1.03 bits per heavy atom. The molecule has 0 saturated carbocycles. The van der Waals surface area contributed by atoms with E-state index in [1.54, 1.807) is 30.3 Å². The quantitative estimate of drug-likeness (QED) is 0.223. The largest absolute Gasteiger partial charge is 0.417 e. The molecule has 4 N–H and O–H groups in total. The first-order valence-electron chi connectivity index (χ1n) is 11.4. The number of urea groups is 1. The van der Waals surface area contributed by atoms with Crippen LogP contribution in [0.4, 0.5) is 40.8 Å². The van der Waals surface area contributed by atoms with Crippen molar-refractivity contribution in [3.8, 4) is 5.82 Å². The summed E-state index contributed by atoms with van der Waals surface area (Å²) in [4.78, 5) is 21.0. The molecule has 38 heavy (non-hydrogen) atoms. The lowest BCUT2D eigenvalue weighted by atomic mass is 10.1. The number of aromatic nitrogens is 4. The van der Waals surface area contributed by atoms with Crippen LogP contribution in [-0.4, -0.2) is 30.9 Å². The van der Waals surface area contributed by atoms with Gasteiger partial charge < -0.3 is 21.1 Å². The average molecular weight is 546 g/mol. The van der Waals surface area contributed by atoms with Crippen LogP contribution in [0, 0.1) is 6.92 Å². The molecule has 2 heterocycles. The number of aryl methyl sites for hydroxylation is 2. The molecule has 2 aromatic heterocycles. The van der Waals surface area contributed by atoms with Crippen LogP contribution in [0.1, 0.15) is 29.4 Å². The van der Waals surface area contributed by atoms with Crippen LogP contribution in [0.15, 0.2) is 54.9 Å². The number of benzene rings is 2. The van der Waals surface area contributed by atoms with Crippen LogP contribution in [0.25, 0.3) is 5.82 Å². The van der Waals surface area contributed by atoms with Crippen LogP contribution >= 0.6 is 11.6 Å². The Labute approximate surface area is 220 Å². The van der Waals surface area contributed by atoms with E-state index in [0.29, 0.717) is 35.1 Å². The molecule has 9 nitrogen and oxygen atoms in total. The maximum Gasteiger partial charge on any atom is 0.417 e. The summed E-state index contributed by atoms with van der Waals surface area (Å²) >= 11 is 5.64. The molecule has 0 aliphatic heterocycles. The smallest absolute Gasteiger partial charge is 0.390 e. The van der Waals surface area contributed by atoms with E-state index < -0.39 is 22.8 Å². The second-order valence-corrected chi connectivity index (χ2v) is 8.65. The molecule has 0 spiro atoms. The minimum atomic E-state index is -4.66. The van der Waals surface area contributed by atoms with Crippen molar-refractivity contribution in [1.82, 2.24) is 19.7 Å². The number of halogens is 4. The van der Waals surface area contributed by atoms with Gasteiger partial charge in [-0.25, -0.2) is 14.8 Å². The Kier molecular flexibility index (Phi) is 7.83. The predicted octanol–water partition coefficient (Wildman–Crippen LogP) is 6.09. The first-order valence-corrected chi connectivity index (χ1v) is 11.8. The van der Waals surface area contributed by atoms with Gasteiger partial charge in [0.2, 0.25) is 0 Å². The fourth-order valence-electron chi connectivity index (χ4n) is 3.55. The Morgan fingerprint density at radius 2 is 1.74 bits per heavy atom. The molecule has 0 radical (unpaired) electrons. The Bertz CT molecular complexity index is 1470. The first kappa shape index (κ1) is 26.9. The number of carbonyl (C=O) groups is 1. The second kappa shape index (κ2) is 11.1. The van der Waals surface area contributed by atoms with Crippen LogP contribution in [0.2, 0.25) is 5.02 Å². The highest BCUT2D eigenvalue weighted by atomic mass is 35.5. The number of carbonyl (C=O) groups excluding carboxylic acids is 1. The average Bonchev–Trinajstić information content (AvgIpc) is 3.29. The summed E-state index contributed by atoms with van der Waals surface area (Å²) in [5.74, 6) is 1.02. The van der Waals surface area contributed by atoms with Crippen molar-refractivity contribution in [2.45, 2.75) is 33.1 Å². The molecular formula is C25H23ClF3N7O2. The van der Waals surface area contributed by atoms with Gasteiger partial charge >= 0.3 is 12.2 Å². The van der Waals surface area contributed by atoms with Crippen LogP contribution < -0.4 is 16.0 Å². The molecule has 0 unspecified atom stereocenters. The summed E-state index contributed by atoms with van der Waals surface area (Å²) in [5.41, 5.74) is 1.94. The Balaban J connectivity index is 1.55. The van der Waals surface area contributed by atoms with Gasteiger partial charge in [0.1, 0.15) is 12.1 Å². The molecule has 0 fully saturated rings. The van der Waals surface area contributed by atoms with Crippen molar-refractivity contribution in [1.29, 1.82) is 0 Å². The van der Waals surface area contributed by atoms with Gasteiger partial charge in [0.15, 0.2) is 5.82 Å². The highest BCUT2D eigenvalue weighted by Gasteiger charge is 2.33. The maximum absolute atomic E-state index is 13.1. The summed E-state index contributed by atoms with van der Waals surface area (Å²) in [7, 11) is 0. The highest BCUT2D eigenvalue weighted by molar-refractivity contribution is 6.31. The lowest BCUT2D eigenvalue weighted by molar-refractivity contribution is -0.137. The van der Waals surface area contributed by atoms with Crippen LogP contribution in [0.3, 0.4) is 0 Å². The maximum atomic E-state index is 13.1. The molecule has 4 rings (SSSR count). The Morgan fingerprint density at radius 3 is 2.42 bits per heavy atom. The molecule has 2 aromatic carbocycles. The zero-order chi connectivity index (χ0) is 27.4. The lowest BCUT2D eigenvalue weighted by Gasteiger charge is -2.15. The van der Waals surface area contributed by atoms with Gasteiger partial charge in [-0.15, -0.1) is 0 Å². The topological polar surface area (TPSA) is 117 Å². The number of aliphatic hydroxyl groups is 1. The zero-order valence-corrected chi connectivity index (χ0v) is 21.0.